The van der Waals surface area contributed by atoms with E-state index in [4.69, 9.17) is 5.26 Å². The van der Waals surface area contributed by atoms with Crippen LogP contribution in [0, 0.1) is 21.4 Å². The van der Waals surface area contributed by atoms with Crippen LogP contribution in [-0.4, -0.2) is 35.4 Å². The third-order valence-corrected chi connectivity index (χ3v) is 3.08. The lowest BCUT2D eigenvalue weighted by Crippen LogP contribution is -2.31. The van der Waals surface area contributed by atoms with Gasteiger partial charge < -0.3 is 10.2 Å². The second kappa shape index (κ2) is 4.94. The summed E-state index contributed by atoms with van der Waals surface area (Å²) in [5.74, 6) is -0.100. The molecule has 1 aliphatic rings. The number of likely N-dealkylation sites (N-methyl/N-ethyl adjacent to an activating group) is 1. The molecule has 0 aliphatic carbocycles. The number of benzene rings is 1. The summed E-state index contributed by atoms with van der Waals surface area (Å²) in [6.45, 7) is 0.613. The third-order valence-electron chi connectivity index (χ3n) is 3.08. The van der Waals surface area contributed by atoms with Crippen LogP contribution in [0.5, 0.6) is 0 Å². The van der Waals surface area contributed by atoms with E-state index < -0.39 is 11.0 Å². The van der Waals surface area contributed by atoms with Gasteiger partial charge in [0.15, 0.2) is 0 Å². The van der Waals surface area contributed by atoms with Crippen molar-refractivity contribution in [3.8, 4) is 6.07 Å². The maximum absolute atomic E-state index is 11.8. The maximum atomic E-state index is 11.8. The number of likely N-dealkylation sites (tertiary alicyclic amines) is 1. The average Bonchev–Trinajstić information content (AvgIpc) is 2.70. The number of hydrogen-bond acceptors (Lipinski definition) is 5. The van der Waals surface area contributed by atoms with Crippen molar-refractivity contribution in [2.45, 2.75) is 12.5 Å². The molecule has 2 rings (SSSR count). The summed E-state index contributed by atoms with van der Waals surface area (Å²) in [4.78, 5) is 23.7. The number of nitro groups is 1. The van der Waals surface area contributed by atoms with Crippen molar-refractivity contribution in [1.29, 1.82) is 5.26 Å². The molecule has 1 aromatic rings. The first-order chi connectivity index (χ1) is 9.02. The Morgan fingerprint density at radius 2 is 2.32 bits per heavy atom. The molecular weight excluding hydrogens is 248 g/mol. The van der Waals surface area contributed by atoms with Gasteiger partial charge in [0.2, 0.25) is 5.91 Å². The molecule has 1 fully saturated rings. The van der Waals surface area contributed by atoms with Gasteiger partial charge in [-0.1, -0.05) is 0 Å². The summed E-state index contributed by atoms with van der Waals surface area (Å²) < 4.78 is 0. The predicted molar refractivity (Wildman–Crippen MR) is 67.5 cm³/mol. The fourth-order valence-electron chi connectivity index (χ4n) is 2.02. The van der Waals surface area contributed by atoms with E-state index in [0.29, 0.717) is 18.5 Å². The van der Waals surface area contributed by atoms with Gasteiger partial charge >= 0.3 is 0 Å². The molecule has 1 aliphatic heterocycles. The molecule has 19 heavy (non-hydrogen) atoms. The first kappa shape index (κ1) is 12.8. The van der Waals surface area contributed by atoms with E-state index in [9.17, 15) is 14.9 Å². The van der Waals surface area contributed by atoms with Crippen molar-refractivity contribution in [2.75, 3.05) is 18.9 Å². The number of nitriles is 1. The van der Waals surface area contributed by atoms with Crippen LogP contribution in [0.25, 0.3) is 0 Å². The summed E-state index contributed by atoms with van der Waals surface area (Å²) >= 11 is 0. The number of nitrogens with zero attached hydrogens (tertiary/aromatic N) is 3. The van der Waals surface area contributed by atoms with Crippen LogP contribution in [0.15, 0.2) is 18.2 Å². The Hall–Kier alpha value is -2.62. The quantitative estimate of drug-likeness (QED) is 0.648. The van der Waals surface area contributed by atoms with Crippen LogP contribution in [0.1, 0.15) is 12.0 Å². The number of rotatable bonds is 3. The van der Waals surface area contributed by atoms with Gasteiger partial charge in [0.05, 0.1) is 16.6 Å². The summed E-state index contributed by atoms with van der Waals surface area (Å²) in [5, 5.41) is 22.6. The third kappa shape index (κ3) is 2.47. The highest BCUT2D eigenvalue weighted by molar-refractivity contribution is 5.87. The minimum atomic E-state index is -0.535. The minimum Gasteiger partial charge on any atom is -0.368 e. The maximum Gasteiger partial charge on any atom is 0.292 e. The molecule has 0 aromatic heterocycles. The lowest BCUT2D eigenvalue weighted by Gasteiger charge is -2.13. The molecule has 1 aromatic carbocycles. The van der Waals surface area contributed by atoms with Crippen LogP contribution in [0.4, 0.5) is 11.4 Å². The van der Waals surface area contributed by atoms with Crippen LogP contribution < -0.4 is 5.32 Å². The zero-order chi connectivity index (χ0) is 14.0. The summed E-state index contributed by atoms with van der Waals surface area (Å²) in [6, 6.07) is 5.49. The molecule has 7 nitrogen and oxygen atoms in total. The minimum absolute atomic E-state index is 0.100. The van der Waals surface area contributed by atoms with E-state index in [-0.39, 0.29) is 17.3 Å². The van der Waals surface area contributed by atoms with Crippen LogP contribution in [0.3, 0.4) is 0 Å². The zero-order valence-electron chi connectivity index (χ0n) is 10.3. The molecule has 0 bridgehead atoms. The molecule has 1 atom stereocenters. The molecule has 1 amide bonds. The Balaban J connectivity index is 2.30. The lowest BCUT2D eigenvalue weighted by atomic mass is 10.1. The van der Waals surface area contributed by atoms with Gasteiger partial charge in [-0.3, -0.25) is 14.9 Å². The topological polar surface area (TPSA) is 99.3 Å². The number of anilines is 1. The van der Waals surface area contributed by atoms with Crippen molar-refractivity contribution < 1.29 is 9.72 Å². The van der Waals surface area contributed by atoms with Gasteiger partial charge in [0.1, 0.15) is 11.7 Å². The molecule has 1 N–H and O–H groups in total. The first-order valence-corrected chi connectivity index (χ1v) is 5.73. The van der Waals surface area contributed by atoms with Crippen molar-refractivity contribution in [3.63, 3.8) is 0 Å². The number of carbonyl (C=O) groups excluding carboxylic acids is 1. The number of hydrogen-bond donors (Lipinski definition) is 1. The predicted octanol–water partition coefficient (Wildman–Crippen LogP) is 1.11. The first-order valence-electron chi connectivity index (χ1n) is 5.73. The highest BCUT2D eigenvalue weighted by atomic mass is 16.6. The van der Waals surface area contributed by atoms with E-state index in [2.05, 4.69) is 5.32 Å². The van der Waals surface area contributed by atoms with E-state index in [0.717, 1.165) is 0 Å². The fourth-order valence-corrected chi connectivity index (χ4v) is 2.02. The van der Waals surface area contributed by atoms with Gasteiger partial charge in [-0.15, -0.1) is 0 Å². The van der Waals surface area contributed by atoms with Crippen molar-refractivity contribution in [2.24, 2.45) is 0 Å². The molecule has 1 unspecified atom stereocenters. The number of nitro benzene ring substituents is 1. The zero-order valence-corrected chi connectivity index (χ0v) is 10.3. The largest absolute Gasteiger partial charge is 0.368 e. The van der Waals surface area contributed by atoms with E-state index in [1.54, 1.807) is 11.9 Å². The van der Waals surface area contributed by atoms with E-state index in [1.807, 2.05) is 6.07 Å². The van der Waals surface area contributed by atoms with Crippen LogP contribution in [0.2, 0.25) is 0 Å². The molecule has 1 saturated heterocycles. The smallest absolute Gasteiger partial charge is 0.292 e. The van der Waals surface area contributed by atoms with Crippen LogP contribution >= 0.6 is 0 Å². The molecular formula is C12H12N4O3. The normalized spacial score (nSPS) is 18.2. The van der Waals surface area contributed by atoms with Gasteiger partial charge in [0, 0.05) is 19.7 Å². The molecule has 0 saturated carbocycles. The van der Waals surface area contributed by atoms with Crippen molar-refractivity contribution >= 4 is 17.3 Å². The Labute approximate surface area is 109 Å². The lowest BCUT2D eigenvalue weighted by molar-refractivity contribution is -0.384. The Morgan fingerprint density at radius 1 is 1.58 bits per heavy atom. The Morgan fingerprint density at radius 3 is 2.84 bits per heavy atom. The molecule has 7 heteroatoms. The van der Waals surface area contributed by atoms with E-state index >= 15 is 0 Å². The molecule has 0 radical (unpaired) electrons. The number of amides is 1. The summed E-state index contributed by atoms with van der Waals surface area (Å²) in [7, 11) is 1.68. The van der Waals surface area contributed by atoms with Gasteiger partial charge in [-0.25, -0.2) is 0 Å². The standard InChI is InChI=1S/C12H12N4O3/c1-15-5-4-9(12(15)17)14-10-6-8(7-13)2-3-11(10)16(18)19/h2-3,6,9,14H,4-5H2,1H3. The highest BCUT2D eigenvalue weighted by Crippen LogP contribution is 2.27. The number of carbonyl (C=O) groups is 1. The molecule has 98 valence electrons. The monoisotopic (exact) mass is 260 g/mol. The summed E-state index contributed by atoms with van der Waals surface area (Å²) in [6.07, 6.45) is 0.587. The van der Waals surface area contributed by atoms with Gasteiger partial charge in [-0.05, 0) is 18.6 Å². The fraction of sp³-hybridized carbons (Fsp3) is 0.333. The molecule has 1 heterocycles. The van der Waals surface area contributed by atoms with Crippen molar-refractivity contribution in [1.82, 2.24) is 4.90 Å². The Kier molecular flexibility index (Phi) is 3.33. The highest BCUT2D eigenvalue weighted by Gasteiger charge is 2.30. The molecule has 0 spiro atoms. The Bertz CT molecular complexity index is 579. The average molecular weight is 260 g/mol. The van der Waals surface area contributed by atoms with Gasteiger partial charge in [-0.2, -0.15) is 5.26 Å². The second-order valence-corrected chi connectivity index (χ2v) is 4.35. The van der Waals surface area contributed by atoms with E-state index in [1.165, 1.54) is 18.2 Å². The second-order valence-electron chi connectivity index (χ2n) is 4.35. The number of nitrogens with one attached hydrogen (secondary N) is 1. The van der Waals surface area contributed by atoms with Gasteiger partial charge in [0.25, 0.3) is 5.69 Å². The SMILES string of the molecule is CN1CCC(Nc2cc(C#N)ccc2[N+](=O)[O-])C1=O. The summed E-state index contributed by atoms with van der Waals surface area (Å²) in [5.41, 5.74) is 0.381. The van der Waals surface area contributed by atoms with Crippen LogP contribution in [-0.2, 0) is 4.79 Å². The van der Waals surface area contributed by atoms with Crippen molar-refractivity contribution in [3.05, 3.63) is 33.9 Å².